The van der Waals surface area contributed by atoms with Gasteiger partial charge in [-0.3, -0.25) is 0 Å². The van der Waals surface area contributed by atoms with Crippen LogP contribution in [0.15, 0.2) is 0 Å². The maximum atomic E-state index is 10.4. The topological polar surface area (TPSA) is 29.5 Å². The molecule has 0 aromatic heterocycles. The summed E-state index contributed by atoms with van der Waals surface area (Å²) in [4.78, 5) is 10.4. The quantitative estimate of drug-likeness (QED) is 0.317. The Morgan fingerprint density at radius 1 is 0.900 bits per heavy atom. The molecule has 0 rings (SSSR count). The molecule has 1 N–H and O–H groups in total. The van der Waals surface area contributed by atoms with Crippen molar-refractivity contribution in [2.45, 2.75) is 72.5 Å². The molecule has 0 heterocycles. The lowest BCUT2D eigenvalue weighted by Crippen LogP contribution is -2.40. The van der Waals surface area contributed by atoms with Crippen LogP contribution in [-0.2, 0) is 4.74 Å². The third kappa shape index (κ3) is 7.76. The Bertz CT molecular complexity index is 293. The molecule has 4 heteroatoms. The minimum Gasteiger partial charge on any atom is -0.432 e. The van der Waals surface area contributed by atoms with Crippen molar-refractivity contribution in [1.82, 2.24) is 0 Å². The van der Waals surface area contributed by atoms with Gasteiger partial charge in [0.1, 0.15) is 0 Å². The van der Waals surface area contributed by atoms with E-state index < -0.39 is 8.32 Å². The van der Waals surface area contributed by atoms with E-state index in [1.807, 2.05) is 13.1 Å². The van der Waals surface area contributed by atoms with Crippen LogP contribution in [0.2, 0.25) is 18.1 Å². The zero-order chi connectivity index (χ0) is 16.2. The third-order valence-electron chi connectivity index (χ3n) is 4.43. The van der Waals surface area contributed by atoms with E-state index in [0.717, 1.165) is 30.5 Å². The van der Waals surface area contributed by atoms with Crippen LogP contribution in [0.5, 0.6) is 0 Å². The fraction of sp³-hybridized carbons (Fsp3) is 1.00. The van der Waals surface area contributed by atoms with Crippen molar-refractivity contribution >= 4 is 30.9 Å². The molecule has 0 atom stereocenters. The summed E-state index contributed by atoms with van der Waals surface area (Å²) in [5, 5.41) is 0.0613. The first-order chi connectivity index (χ1) is 8.72. The Kier molecular flexibility index (Phi) is 7.74. The van der Waals surface area contributed by atoms with Gasteiger partial charge >= 0.3 is 0 Å². The summed E-state index contributed by atoms with van der Waals surface area (Å²) in [5.41, 5.74) is 0.439. The number of rotatable bonds is 9. The molecule has 0 unspecified atom stereocenters. The summed E-state index contributed by atoms with van der Waals surface area (Å²) >= 11 is 2.42. The van der Waals surface area contributed by atoms with Crippen LogP contribution in [-0.4, -0.2) is 30.8 Å². The van der Waals surface area contributed by atoms with E-state index in [-0.39, 0.29) is 15.9 Å². The van der Waals surface area contributed by atoms with Crippen molar-refractivity contribution in [1.29, 1.82) is 0 Å². The standard InChI is InChI=1S/C16H35IO2Si/c1-14(2,12-19-13-15(3,4)11-17)9-10-16(5,6)20(7,8)18/h18H,9-13H2,1-8H3. The van der Waals surface area contributed by atoms with Gasteiger partial charge in [0.25, 0.3) is 0 Å². The Labute approximate surface area is 141 Å². The van der Waals surface area contributed by atoms with Crippen LogP contribution >= 0.6 is 22.6 Å². The van der Waals surface area contributed by atoms with Gasteiger partial charge in [-0.25, -0.2) is 0 Å². The van der Waals surface area contributed by atoms with E-state index in [0.29, 0.717) is 0 Å². The van der Waals surface area contributed by atoms with Gasteiger partial charge in [-0.05, 0) is 41.8 Å². The van der Waals surface area contributed by atoms with Crippen LogP contribution in [0.3, 0.4) is 0 Å². The fourth-order valence-corrected chi connectivity index (χ4v) is 2.63. The maximum Gasteiger partial charge on any atom is 0.188 e. The first kappa shape index (κ1) is 20.9. The summed E-state index contributed by atoms with van der Waals surface area (Å²) in [5.74, 6) is 0. The molecule has 0 aromatic carbocycles. The predicted molar refractivity (Wildman–Crippen MR) is 100 cm³/mol. The van der Waals surface area contributed by atoms with Crippen LogP contribution < -0.4 is 0 Å². The van der Waals surface area contributed by atoms with E-state index in [4.69, 9.17) is 4.74 Å². The zero-order valence-corrected chi connectivity index (χ0v) is 17.9. The average molecular weight is 414 g/mol. The first-order valence-corrected chi connectivity index (χ1v) is 12.1. The molecule has 20 heavy (non-hydrogen) atoms. The van der Waals surface area contributed by atoms with E-state index in [2.05, 4.69) is 64.1 Å². The molecule has 0 amide bonds. The van der Waals surface area contributed by atoms with Gasteiger partial charge in [-0.1, -0.05) is 64.1 Å². The van der Waals surface area contributed by atoms with Gasteiger partial charge < -0.3 is 9.53 Å². The van der Waals surface area contributed by atoms with Crippen LogP contribution in [0.4, 0.5) is 0 Å². The van der Waals surface area contributed by atoms with Crippen molar-refractivity contribution in [2.24, 2.45) is 10.8 Å². The van der Waals surface area contributed by atoms with E-state index >= 15 is 0 Å². The van der Waals surface area contributed by atoms with Gasteiger partial charge in [-0.15, -0.1) is 0 Å². The molecule has 0 spiro atoms. The summed E-state index contributed by atoms with van der Waals surface area (Å²) < 4.78 is 7.06. The minimum absolute atomic E-state index is 0.0613. The molecular formula is C16H35IO2Si. The summed E-state index contributed by atoms with van der Waals surface area (Å²) in [6.07, 6.45) is 2.16. The molecule has 0 bridgehead atoms. The lowest BCUT2D eigenvalue weighted by atomic mass is 9.85. The minimum atomic E-state index is -2.09. The monoisotopic (exact) mass is 414 g/mol. The number of hydrogen-bond donors (Lipinski definition) is 1. The van der Waals surface area contributed by atoms with Gasteiger partial charge in [-0.2, -0.15) is 0 Å². The van der Waals surface area contributed by atoms with Crippen molar-refractivity contribution in [3.63, 3.8) is 0 Å². The SMILES string of the molecule is CC(C)(CI)COCC(C)(C)CCC(C)(C)[Si](C)(C)O. The van der Waals surface area contributed by atoms with Crippen molar-refractivity contribution in [3.05, 3.63) is 0 Å². The second kappa shape index (κ2) is 7.42. The molecule has 0 radical (unpaired) electrons. The highest BCUT2D eigenvalue weighted by atomic mass is 127. The number of halogens is 1. The van der Waals surface area contributed by atoms with E-state index in [1.54, 1.807) is 0 Å². The first-order valence-electron chi connectivity index (χ1n) is 7.59. The highest BCUT2D eigenvalue weighted by Gasteiger charge is 2.38. The molecule has 0 aliphatic carbocycles. The molecular weight excluding hydrogens is 379 g/mol. The largest absolute Gasteiger partial charge is 0.432 e. The van der Waals surface area contributed by atoms with Crippen molar-refractivity contribution in [3.8, 4) is 0 Å². The molecule has 0 aliphatic rings. The molecule has 0 fully saturated rings. The molecule has 0 saturated carbocycles. The molecule has 0 aliphatic heterocycles. The van der Waals surface area contributed by atoms with E-state index in [1.165, 1.54) is 0 Å². The number of ether oxygens (including phenoxy) is 1. The summed E-state index contributed by atoms with van der Waals surface area (Å²) in [6, 6.07) is 0. The Morgan fingerprint density at radius 3 is 1.75 bits per heavy atom. The van der Waals surface area contributed by atoms with E-state index in [9.17, 15) is 4.80 Å². The fourth-order valence-electron chi connectivity index (χ4n) is 1.67. The van der Waals surface area contributed by atoms with Crippen molar-refractivity contribution < 1.29 is 9.53 Å². The highest BCUT2D eigenvalue weighted by molar-refractivity contribution is 14.1. The summed E-state index contributed by atoms with van der Waals surface area (Å²) in [6.45, 7) is 19.1. The van der Waals surface area contributed by atoms with Crippen molar-refractivity contribution in [2.75, 3.05) is 17.6 Å². The lowest BCUT2D eigenvalue weighted by molar-refractivity contribution is 0.0185. The molecule has 0 saturated heterocycles. The van der Waals surface area contributed by atoms with Gasteiger partial charge in [0, 0.05) is 4.43 Å². The number of alkyl halides is 1. The predicted octanol–water partition coefficient (Wildman–Crippen LogP) is 5.25. The zero-order valence-electron chi connectivity index (χ0n) is 14.8. The van der Waals surface area contributed by atoms with Crippen LogP contribution in [0.1, 0.15) is 54.4 Å². The Hall–Kier alpha value is 0.867. The Morgan fingerprint density at radius 2 is 1.35 bits per heavy atom. The second-order valence-electron chi connectivity index (χ2n) is 8.90. The lowest BCUT2D eigenvalue weighted by Gasteiger charge is -2.38. The highest BCUT2D eigenvalue weighted by Crippen LogP contribution is 2.42. The molecule has 2 nitrogen and oxygen atoms in total. The normalized spacial score (nSPS) is 14.7. The Balaban J connectivity index is 4.27. The smallest absolute Gasteiger partial charge is 0.188 e. The van der Waals surface area contributed by atoms with Crippen LogP contribution in [0.25, 0.3) is 0 Å². The molecule has 122 valence electrons. The second-order valence-corrected chi connectivity index (χ2v) is 14.1. The maximum absolute atomic E-state index is 10.4. The molecule has 0 aromatic rings. The van der Waals surface area contributed by atoms with Crippen LogP contribution in [0, 0.1) is 10.8 Å². The van der Waals surface area contributed by atoms with Gasteiger partial charge in [0.05, 0.1) is 13.2 Å². The average Bonchev–Trinajstić information content (AvgIpc) is 2.25. The summed E-state index contributed by atoms with van der Waals surface area (Å²) in [7, 11) is -2.09. The van der Waals surface area contributed by atoms with Gasteiger partial charge in [0.15, 0.2) is 8.32 Å². The third-order valence-corrected chi connectivity index (χ3v) is 10.1. The van der Waals surface area contributed by atoms with Gasteiger partial charge in [0.2, 0.25) is 0 Å². The number of hydrogen-bond acceptors (Lipinski definition) is 2.